The summed E-state index contributed by atoms with van der Waals surface area (Å²) in [7, 11) is 4.14. The fourth-order valence-corrected chi connectivity index (χ4v) is 3.49. The van der Waals surface area contributed by atoms with Gasteiger partial charge in [0.2, 0.25) is 0 Å². The van der Waals surface area contributed by atoms with Gasteiger partial charge in [0.05, 0.1) is 36.7 Å². The lowest BCUT2D eigenvalue weighted by Crippen LogP contribution is -2.26. The first kappa shape index (κ1) is 16.4. The summed E-state index contributed by atoms with van der Waals surface area (Å²) in [5.74, 6) is 0.770. The Morgan fingerprint density at radius 2 is 2.29 bits per heavy atom. The van der Waals surface area contributed by atoms with Crippen LogP contribution in [0, 0.1) is 11.3 Å². The molecule has 0 saturated carbocycles. The number of hydrogen-bond acceptors (Lipinski definition) is 7. The summed E-state index contributed by atoms with van der Waals surface area (Å²) in [6.45, 7) is 1.27. The van der Waals surface area contributed by atoms with Gasteiger partial charge in [-0.1, -0.05) is 6.07 Å². The zero-order chi connectivity index (χ0) is 16.9. The Morgan fingerprint density at radius 3 is 3.00 bits per heavy atom. The Labute approximate surface area is 144 Å². The SMILES string of the molecule is CN(C)[C@@H](CNc1ncnc2c1cnn2CCC#N)c1cccs1. The van der Waals surface area contributed by atoms with Gasteiger partial charge in [-0.05, 0) is 25.5 Å². The topological polar surface area (TPSA) is 82.7 Å². The lowest BCUT2D eigenvalue weighted by Gasteiger charge is -2.23. The Bertz CT molecular complexity index is 832. The molecule has 0 radical (unpaired) electrons. The number of anilines is 1. The maximum atomic E-state index is 8.74. The number of likely N-dealkylation sites (N-methyl/N-ethyl adjacent to an activating group) is 1. The van der Waals surface area contributed by atoms with Gasteiger partial charge in [-0.25, -0.2) is 14.6 Å². The highest BCUT2D eigenvalue weighted by atomic mass is 32.1. The molecular weight excluding hydrogens is 322 g/mol. The van der Waals surface area contributed by atoms with Gasteiger partial charge in [-0.3, -0.25) is 0 Å². The van der Waals surface area contributed by atoms with Crippen LogP contribution >= 0.6 is 11.3 Å². The van der Waals surface area contributed by atoms with E-state index in [0.29, 0.717) is 13.0 Å². The van der Waals surface area contributed by atoms with Crippen molar-refractivity contribution in [1.29, 1.82) is 5.26 Å². The molecule has 24 heavy (non-hydrogen) atoms. The number of nitrogens with one attached hydrogen (secondary N) is 1. The van der Waals surface area contributed by atoms with Crippen LogP contribution < -0.4 is 5.32 Å². The molecule has 3 heterocycles. The molecule has 1 atom stereocenters. The van der Waals surface area contributed by atoms with E-state index in [1.54, 1.807) is 22.2 Å². The van der Waals surface area contributed by atoms with Gasteiger partial charge in [0.15, 0.2) is 5.65 Å². The molecule has 0 bridgehead atoms. The maximum absolute atomic E-state index is 8.74. The molecule has 0 fully saturated rings. The fraction of sp³-hybridized carbons (Fsp3) is 0.375. The molecule has 0 amide bonds. The van der Waals surface area contributed by atoms with Crippen molar-refractivity contribution in [1.82, 2.24) is 24.6 Å². The summed E-state index contributed by atoms with van der Waals surface area (Å²) < 4.78 is 1.74. The van der Waals surface area contributed by atoms with Crippen molar-refractivity contribution in [3.63, 3.8) is 0 Å². The third-order valence-corrected chi connectivity index (χ3v) is 4.80. The molecule has 7 nitrogen and oxygen atoms in total. The van der Waals surface area contributed by atoms with Gasteiger partial charge in [-0.15, -0.1) is 11.3 Å². The van der Waals surface area contributed by atoms with Gasteiger partial charge >= 0.3 is 0 Å². The average Bonchev–Trinajstić information content (AvgIpc) is 3.23. The van der Waals surface area contributed by atoms with Crippen LogP contribution in [0.15, 0.2) is 30.0 Å². The second-order valence-corrected chi connectivity index (χ2v) is 6.59. The fourth-order valence-electron chi connectivity index (χ4n) is 2.57. The molecule has 0 aromatic carbocycles. The van der Waals surface area contributed by atoms with Crippen molar-refractivity contribution in [3.05, 3.63) is 34.9 Å². The highest BCUT2D eigenvalue weighted by Crippen LogP contribution is 2.25. The van der Waals surface area contributed by atoms with Crippen molar-refractivity contribution in [2.45, 2.75) is 19.0 Å². The monoisotopic (exact) mass is 341 g/mol. The average molecular weight is 341 g/mol. The molecular formula is C16H19N7S. The number of aryl methyl sites for hydroxylation is 1. The number of rotatable bonds is 7. The predicted octanol–water partition coefficient (Wildman–Crippen LogP) is 2.52. The van der Waals surface area contributed by atoms with Crippen molar-refractivity contribution in [2.24, 2.45) is 0 Å². The zero-order valence-corrected chi connectivity index (χ0v) is 14.5. The van der Waals surface area contributed by atoms with Gasteiger partial charge in [-0.2, -0.15) is 10.4 Å². The summed E-state index contributed by atoms with van der Waals surface area (Å²) in [6.07, 6.45) is 3.69. The second kappa shape index (κ2) is 7.38. The lowest BCUT2D eigenvalue weighted by atomic mass is 10.2. The van der Waals surface area contributed by atoms with Crippen molar-refractivity contribution >= 4 is 28.2 Å². The first-order valence-electron chi connectivity index (χ1n) is 7.68. The molecule has 0 saturated heterocycles. The van der Waals surface area contributed by atoms with Crippen LogP contribution in [0.4, 0.5) is 5.82 Å². The molecule has 0 aliphatic carbocycles. The first-order valence-corrected chi connectivity index (χ1v) is 8.56. The summed E-state index contributed by atoms with van der Waals surface area (Å²) in [5.41, 5.74) is 0.750. The number of nitriles is 1. The van der Waals surface area contributed by atoms with E-state index in [1.807, 2.05) is 0 Å². The third-order valence-electron chi connectivity index (χ3n) is 3.83. The van der Waals surface area contributed by atoms with E-state index in [9.17, 15) is 0 Å². The molecule has 0 spiro atoms. The number of hydrogen-bond donors (Lipinski definition) is 1. The Balaban J connectivity index is 1.80. The quantitative estimate of drug-likeness (QED) is 0.711. The van der Waals surface area contributed by atoms with E-state index in [-0.39, 0.29) is 6.04 Å². The van der Waals surface area contributed by atoms with E-state index in [1.165, 1.54) is 11.2 Å². The van der Waals surface area contributed by atoms with Crippen LogP contribution in [0.5, 0.6) is 0 Å². The molecule has 3 aromatic heterocycles. The standard InChI is InChI=1S/C16H19N7S/c1-22(2)13(14-5-3-8-24-14)10-18-15-12-9-21-23(7-4-6-17)16(12)20-11-19-15/h3,5,8-9,11,13H,4,7,10H2,1-2H3,(H,18,19,20)/t13-/m0/s1. The molecule has 8 heteroatoms. The maximum Gasteiger partial charge on any atom is 0.163 e. The molecule has 3 aromatic rings. The highest BCUT2D eigenvalue weighted by Gasteiger charge is 2.16. The van der Waals surface area contributed by atoms with Gasteiger partial charge < -0.3 is 10.2 Å². The van der Waals surface area contributed by atoms with Crippen LogP contribution in [0.1, 0.15) is 17.3 Å². The molecule has 1 N–H and O–H groups in total. The summed E-state index contributed by atoms with van der Waals surface area (Å²) in [6, 6.07) is 6.61. The second-order valence-electron chi connectivity index (χ2n) is 5.61. The normalized spacial score (nSPS) is 12.4. The van der Waals surface area contributed by atoms with E-state index in [2.05, 4.69) is 63.0 Å². The predicted molar refractivity (Wildman–Crippen MR) is 94.8 cm³/mol. The zero-order valence-electron chi connectivity index (χ0n) is 13.7. The first-order chi connectivity index (χ1) is 11.7. The molecule has 3 rings (SSSR count). The van der Waals surface area contributed by atoms with E-state index < -0.39 is 0 Å². The van der Waals surface area contributed by atoms with Crippen molar-refractivity contribution in [3.8, 4) is 6.07 Å². The smallest absolute Gasteiger partial charge is 0.163 e. The van der Waals surface area contributed by atoms with Gasteiger partial charge in [0, 0.05) is 11.4 Å². The number of thiophene rings is 1. The summed E-state index contributed by atoms with van der Waals surface area (Å²) in [4.78, 5) is 12.2. The van der Waals surface area contributed by atoms with Gasteiger partial charge in [0.25, 0.3) is 0 Å². The minimum Gasteiger partial charge on any atom is -0.367 e. The van der Waals surface area contributed by atoms with Gasteiger partial charge in [0.1, 0.15) is 12.1 Å². The lowest BCUT2D eigenvalue weighted by molar-refractivity contribution is 0.316. The Morgan fingerprint density at radius 1 is 1.42 bits per heavy atom. The van der Waals surface area contributed by atoms with Crippen LogP contribution in [0.3, 0.4) is 0 Å². The molecule has 0 unspecified atom stereocenters. The molecule has 0 aliphatic rings. The minimum absolute atomic E-state index is 0.267. The van der Waals surface area contributed by atoms with E-state index in [0.717, 1.165) is 23.4 Å². The van der Waals surface area contributed by atoms with Crippen LogP contribution in [0.25, 0.3) is 11.0 Å². The Hall–Kier alpha value is -2.50. The summed E-state index contributed by atoms with van der Waals surface area (Å²) >= 11 is 1.75. The molecule has 124 valence electrons. The van der Waals surface area contributed by atoms with E-state index in [4.69, 9.17) is 5.26 Å². The number of nitrogens with zero attached hydrogens (tertiary/aromatic N) is 6. The van der Waals surface area contributed by atoms with Crippen LogP contribution in [-0.2, 0) is 6.54 Å². The van der Waals surface area contributed by atoms with Crippen molar-refractivity contribution in [2.75, 3.05) is 26.0 Å². The van der Waals surface area contributed by atoms with Crippen LogP contribution in [0.2, 0.25) is 0 Å². The number of aromatic nitrogens is 4. The summed E-state index contributed by atoms with van der Waals surface area (Å²) in [5, 5.41) is 19.4. The largest absolute Gasteiger partial charge is 0.367 e. The number of fused-ring (bicyclic) bond motifs is 1. The minimum atomic E-state index is 0.267. The third kappa shape index (κ3) is 3.37. The molecule has 0 aliphatic heterocycles. The Kier molecular flexibility index (Phi) is 5.03. The highest BCUT2D eigenvalue weighted by molar-refractivity contribution is 7.10. The van der Waals surface area contributed by atoms with Crippen LogP contribution in [-0.4, -0.2) is 45.3 Å². The van der Waals surface area contributed by atoms with Crippen molar-refractivity contribution < 1.29 is 0 Å². The van der Waals surface area contributed by atoms with E-state index >= 15 is 0 Å².